The fourth-order valence-electron chi connectivity index (χ4n) is 4.08. The van der Waals surface area contributed by atoms with Crippen molar-refractivity contribution >= 4 is 6.09 Å². The number of fused-ring (bicyclic) bond motifs is 1. The maximum Gasteiger partial charge on any atom is 0.407 e. The molecule has 1 aromatic rings. The third-order valence-electron chi connectivity index (χ3n) is 5.83. The average Bonchev–Trinajstić information content (AvgIpc) is 3.49. The predicted octanol–water partition coefficient (Wildman–Crippen LogP) is 2.39. The molecule has 2 atom stereocenters. The Hall–Kier alpha value is -1.79. The number of benzene rings is 1. The van der Waals surface area contributed by atoms with Crippen molar-refractivity contribution < 1.29 is 14.6 Å². The van der Waals surface area contributed by atoms with Gasteiger partial charge in [-0.25, -0.2) is 4.79 Å². The van der Waals surface area contributed by atoms with Gasteiger partial charge >= 0.3 is 6.09 Å². The Balaban J connectivity index is 1.24. The third kappa shape index (κ3) is 4.48. The van der Waals surface area contributed by atoms with Crippen molar-refractivity contribution in [1.82, 2.24) is 15.1 Å². The fourth-order valence-corrected chi connectivity index (χ4v) is 4.08. The molecule has 1 amide bonds. The number of carboxylic acid groups (broad SMARTS) is 1. The minimum atomic E-state index is -0.786. The molecule has 1 aromatic carbocycles. The Bertz CT molecular complexity index is 634. The molecule has 6 nitrogen and oxygen atoms in total. The molecule has 2 aliphatic heterocycles. The van der Waals surface area contributed by atoms with Crippen LogP contribution in [0.15, 0.2) is 24.3 Å². The smallest absolute Gasteiger partial charge is 0.407 e. The maximum absolute atomic E-state index is 11.2. The summed E-state index contributed by atoms with van der Waals surface area (Å²) in [6.45, 7) is 4.79. The van der Waals surface area contributed by atoms with Gasteiger partial charge in [0.1, 0.15) is 5.75 Å². The highest BCUT2D eigenvalue weighted by Gasteiger charge is 2.34. The van der Waals surface area contributed by atoms with Gasteiger partial charge in [-0.2, -0.15) is 0 Å². The first-order valence-electron chi connectivity index (χ1n) is 9.84. The first-order chi connectivity index (χ1) is 12.7. The van der Waals surface area contributed by atoms with E-state index in [1.54, 1.807) is 4.90 Å². The Morgan fingerprint density at radius 3 is 2.88 bits per heavy atom. The molecule has 4 rings (SSSR count). The van der Waals surface area contributed by atoms with E-state index in [-0.39, 0.29) is 0 Å². The van der Waals surface area contributed by atoms with E-state index in [2.05, 4.69) is 28.4 Å². The molecule has 2 saturated heterocycles. The molecule has 0 aromatic heterocycles. The van der Waals surface area contributed by atoms with Crippen LogP contribution >= 0.6 is 0 Å². The second-order valence-electron chi connectivity index (χ2n) is 7.93. The largest absolute Gasteiger partial charge is 0.493 e. The lowest BCUT2D eigenvalue weighted by Crippen LogP contribution is -2.57. The van der Waals surface area contributed by atoms with Crippen LogP contribution < -0.4 is 10.1 Å². The number of amides is 1. The zero-order valence-corrected chi connectivity index (χ0v) is 15.3. The zero-order valence-electron chi connectivity index (χ0n) is 15.3. The molecule has 3 aliphatic rings. The van der Waals surface area contributed by atoms with Crippen LogP contribution in [-0.4, -0.2) is 65.9 Å². The molecule has 3 fully saturated rings. The molecular weight excluding hydrogens is 330 g/mol. The highest BCUT2D eigenvalue weighted by atomic mass is 16.5. The highest BCUT2D eigenvalue weighted by molar-refractivity contribution is 5.65. The summed E-state index contributed by atoms with van der Waals surface area (Å²) in [6, 6.07) is 9.51. The summed E-state index contributed by atoms with van der Waals surface area (Å²) in [7, 11) is 0. The second kappa shape index (κ2) is 7.84. The number of hydrogen-bond acceptors (Lipinski definition) is 4. The Kier molecular flexibility index (Phi) is 5.31. The molecule has 2 N–H and O–H groups in total. The Labute approximate surface area is 155 Å². The summed E-state index contributed by atoms with van der Waals surface area (Å²) in [5.41, 5.74) is 1.28. The van der Waals surface area contributed by atoms with E-state index in [9.17, 15) is 4.79 Å². The normalized spacial score (nSPS) is 26.4. The lowest BCUT2D eigenvalue weighted by atomic mass is 9.91. The van der Waals surface area contributed by atoms with Crippen molar-refractivity contribution in [3.8, 4) is 5.75 Å². The molecule has 26 heavy (non-hydrogen) atoms. The molecule has 0 unspecified atom stereocenters. The zero-order chi connectivity index (χ0) is 17.9. The van der Waals surface area contributed by atoms with Gasteiger partial charge in [0, 0.05) is 50.7 Å². The Morgan fingerprint density at radius 2 is 2.08 bits per heavy atom. The molecule has 0 bridgehead atoms. The summed E-state index contributed by atoms with van der Waals surface area (Å²) in [5, 5.41) is 12.7. The van der Waals surface area contributed by atoms with Gasteiger partial charge in [0.15, 0.2) is 0 Å². The van der Waals surface area contributed by atoms with Crippen LogP contribution in [0.3, 0.4) is 0 Å². The standard InChI is InChI=1S/C20H29N3O3/c24-20(25)23-9-8-22-12-16(4-7-18(22)13-23)14-26-19-3-1-2-15(10-19)11-21-17-5-6-17/h1-3,10,16-18,21H,4-9,11-14H2,(H,24,25)/t16-,18-/m0/s1. The first-order valence-corrected chi connectivity index (χ1v) is 9.84. The lowest BCUT2D eigenvalue weighted by molar-refractivity contribution is 0.0208. The molecule has 1 aliphatic carbocycles. The number of hydrogen-bond donors (Lipinski definition) is 2. The number of rotatable bonds is 6. The minimum Gasteiger partial charge on any atom is -0.493 e. The summed E-state index contributed by atoms with van der Waals surface area (Å²) >= 11 is 0. The molecule has 2 heterocycles. The highest BCUT2D eigenvalue weighted by Crippen LogP contribution is 2.26. The van der Waals surface area contributed by atoms with E-state index >= 15 is 0 Å². The van der Waals surface area contributed by atoms with Crippen molar-refractivity contribution in [2.75, 3.05) is 32.8 Å². The average molecular weight is 359 g/mol. The number of piperidine rings is 1. The van der Waals surface area contributed by atoms with E-state index in [1.165, 1.54) is 18.4 Å². The molecule has 1 saturated carbocycles. The monoisotopic (exact) mass is 359 g/mol. The van der Waals surface area contributed by atoms with Crippen LogP contribution in [-0.2, 0) is 6.54 Å². The van der Waals surface area contributed by atoms with E-state index in [4.69, 9.17) is 9.84 Å². The third-order valence-corrected chi connectivity index (χ3v) is 5.83. The number of ether oxygens (including phenoxy) is 1. The topological polar surface area (TPSA) is 65.0 Å². The van der Waals surface area contributed by atoms with E-state index in [1.807, 2.05) is 6.07 Å². The van der Waals surface area contributed by atoms with Gasteiger partial charge in [-0.1, -0.05) is 12.1 Å². The van der Waals surface area contributed by atoms with Crippen LogP contribution in [0.1, 0.15) is 31.2 Å². The van der Waals surface area contributed by atoms with Crippen molar-refractivity contribution in [3.05, 3.63) is 29.8 Å². The van der Waals surface area contributed by atoms with Gasteiger partial charge in [0.05, 0.1) is 6.61 Å². The molecule has 142 valence electrons. The van der Waals surface area contributed by atoms with Crippen molar-refractivity contribution in [3.63, 3.8) is 0 Å². The van der Waals surface area contributed by atoms with Crippen LogP contribution in [0.25, 0.3) is 0 Å². The summed E-state index contributed by atoms with van der Waals surface area (Å²) < 4.78 is 6.09. The van der Waals surface area contributed by atoms with Crippen LogP contribution in [0.5, 0.6) is 5.75 Å². The van der Waals surface area contributed by atoms with Gasteiger partial charge in [0.25, 0.3) is 0 Å². The molecule has 0 radical (unpaired) electrons. The molecular formula is C20H29N3O3. The van der Waals surface area contributed by atoms with Gasteiger partial charge < -0.3 is 20.1 Å². The van der Waals surface area contributed by atoms with Crippen molar-refractivity contribution in [2.24, 2.45) is 5.92 Å². The number of nitrogens with zero attached hydrogens (tertiary/aromatic N) is 2. The van der Waals surface area contributed by atoms with Gasteiger partial charge in [-0.05, 0) is 43.4 Å². The second-order valence-corrected chi connectivity index (χ2v) is 7.93. The lowest BCUT2D eigenvalue weighted by Gasteiger charge is -2.45. The maximum atomic E-state index is 11.2. The van der Waals surface area contributed by atoms with Crippen molar-refractivity contribution in [1.29, 1.82) is 0 Å². The number of nitrogens with one attached hydrogen (secondary N) is 1. The van der Waals surface area contributed by atoms with Crippen LogP contribution in [0.2, 0.25) is 0 Å². The summed E-state index contributed by atoms with van der Waals surface area (Å²) in [4.78, 5) is 15.2. The molecule has 6 heteroatoms. The van der Waals surface area contributed by atoms with Gasteiger partial charge in [0.2, 0.25) is 0 Å². The Morgan fingerprint density at radius 1 is 1.19 bits per heavy atom. The minimum absolute atomic E-state index is 0.382. The SMILES string of the molecule is O=C(O)N1CCN2C[C@@H](COc3cccc(CNC4CC4)c3)CC[C@H]2C1. The van der Waals surface area contributed by atoms with Crippen LogP contribution in [0.4, 0.5) is 4.79 Å². The van der Waals surface area contributed by atoms with Gasteiger partial charge in [-0.3, -0.25) is 4.90 Å². The van der Waals surface area contributed by atoms with E-state index < -0.39 is 6.09 Å². The van der Waals surface area contributed by atoms with E-state index in [0.717, 1.165) is 50.9 Å². The predicted molar refractivity (Wildman–Crippen MR) is 99.5 cm³/mol. The fraction of sp³-hybridized carbons (Fsp3) is 0.650. The number of carbonyl (C=O) groups is 1. The van der Waals surface area contributed by atoms with E-state index in [0.29, 0.717) is 25.0 Å². The number of piperazine rings is 1. The van der Waals surface area contributed by atoms with Gasteiger partial charge in [-0.15, -0.1) is 0 Å². The first kappa shape index (κ1) is 17.6. The van der Waals surface area contributed by atoms with Crippen molar-refractivity contribution in [2.45, 2.75) is 44.3 Å². The quantitative estimate of drug-likeness (QED) is 0.816. The summed E-state index contributed by atoms with van der Waals surface area (Å²) in [5.74, 6) is 1.48. The van der Waals surface area contributed by atoms with Crippen LogP contribution in [0, 0.1) is 5.92 Å². The molecule has 0 spiro atoms. The summed E-state index contributed by atoms with van der Waals surface area (Å²) in [6.07, 6.45) is 3.99.